The van der Waals surface area contributed by atoms with Crippen molar-refractivity contribution < 1.29 is 23.0 Å². The number of aliphatic hydroxyl groups excluding tert-OH is 1. The lowest BCUT2D eigenvalue weighted by molar-refractivity contribution is -0.179. The third kappa shape index (κ3) is 4.30. The number of rotatable bonds is 4. The second-order valence-electron chi connectivity index (χ2n) is 3.06. The number of aryl methyl sites for hydroxylation is 1. The topological polar surface area (TPSA) is 47.3 Å². The van der Waals surface area contributed by atoms with Gasteiger partial charge in [0.1, 0.15) is 12.7 Å². The summed E-state index contributed by atoms with van der Waals surface area (Å²) in [4.78, 5) is 0. The molecule has 0 amide bonds. The third-order valence-corrected chi connectivity index (χ3v) is 1.62. The highest BCUT2D eigenvalue weighted by molar-refractivity contribution is 5.02. The molecule has 0 aromatic carbocycles. The molecule has 0 saturated carbocycles. The molecule has 1 atom stereocenters. The van der Waals surface area contributed by atoms with Crippen molar-refractivity contribution in [2.75, 3.05) is 13.2 Å². The van der Waals surface area contributed by atoms with Crippen molar-refractivity contribution >= 4 is 0 Å². The summed E-state index contributed by atoms with van der Waals surface area (Å²) in [6, 6.07) is 1.52. The van der Waals surface area contributed by atoms with Crippen LogP contribution in [0.3, 0.4) is 0 Å². The van der Waals surface area contributed by atoms with Crippen LogP contribution in [0.4, 0.5) is 13.2 Å². The Morgan fingerprint density at radius 3 is 2.73 bits per heavy atom. The molecule has 0 saturated heterocycles. The normalized spacial score (nSPS) is 14.2. The van der Waals surface area contributed by atoms with Crippen LogP contribution in [0.1, 0.15) is 11.8 Å². The van der Waals surface area contributed by atoms with E-state index in [0.29, 0.717) is 5.69 Å². The van der Waals surface area contributed by atoms with Crippen LogP contribution >= 0.6 is 0 Å². The Hall–Kier alpha value is -1.08. The van der Waals surface area contributed by atoms with Crippen molar-refractivity contribution in [2.24, 2.45) is 7.05 Å². The second-order valence-corrected chi connectivity index (χ2v) is 3.06. The van der Waals surface area contributed by atoms with Gasteiger partial charge in [-0.05, 0) is 6.07 Å². The van der Waals surface area contributed by atoms with Gasteiger partial charge in [0.15, 0.2) is 0 Å². The molecule has 1 N–H and O–H groups in total. The second kappa shape index (κ2) is 4.63. The zero-order valence-electron chi connectivity index (χ0n) is 8.03. The van der Waals surface area contributed by atoms with Crippen molar-refractivity contribution in [1.82, 2.24) is 9.78 Å². The number of halogens is 3. The van der Waals surface area contributed by atoms with E-state index in [2.05, 4.69) is 9.84 Å². The summed E-state index contributed by atoms with van der Waals surface area (Å²) in [7, 11) is 1.65. The first kappa shape index (κ1) is 12.0. The summed E-state index contributed by atoms with van der Waals surface area (Å²) < 4.78 is 40.8. The molecule has 0 aliphatic heterocycles. The molecule has 4 nitrogen and oxygen atoms in total. The predicted octanol–water partition coefficient (Wildman–Crippen LogP) is 1.03. The summed E-state index contributed by atoms with van der Waals surface area (Å²) in [5, 5.41) is 13.2. The lowest BCUT2D eigenvalue weighted by atomic mass is 10.3. The summed E-state index contributed by atoms with van der Waals surface area (Å²) in [5.41, 5.74) is 0.291. The third-order valence-electron chi connectivity index (χ3n) is 1.62. The van der Waals surface area contributed by atoms with Crippen molar-refractivity contribution in [3.05, 3.63) is 18.0 Å². The van der Waals surface area contributed by atoms with E-state index in [9.17, 15) is 18.3 Å². The highest BCUT2D eigenvalue weighted by Gasteiger charge is 2.28. The van der Waals surface area contributed by atoms with Crippen molar-refractivity contribution in [3.8, 4) is 0 Å². The van der Waals surface area contributed by atoms with Gasteiger partial charge in [-0.15, -0.1) is 0 Å². The molecule has 15 heavy (non-hydrogen) atoms. The van der Waals surface area contributed by atoms with Crippen LogP contribution in [0.5, 0.6) is 0 Å². The standard InChI is InChI=1S/C8H11F3N2O2/c1-13-3-2-6(12-13)7(14)4-15-5-8(9,10)11/h2-3,7,14H,4-5H2,1H3. The number of hydrogen-bond acceptors (Lipinski definition) is 3. The zero-order valence-corrected chi connectivity index (χ0v) is 8.03. The lowest BCUT2D eigenvalue weighted by Crippen LogP contribution is -2.19. The number of nitrogens with zero attached hydrogens (tertiary/aromatic N) is 2. The Morgan fingerprint density at radius 2 is 2.27 bits per heavy atom. The van der Waals surface area contributed by atoms with E-state index in [1.54, 1.807) is 13.2 Å². The maximum Gasteiger partial charge on any atom is 0.411 e. The first-order valence-corrected chi connectivity index (χ1v) is 4.20. The molecular formula is C8H11F3N2O2. The Morgan fingerprint density at radius 1 is 1.60 bits per heavy atom. The summed E-state index contributed by atoms with van der Waals surface area (Å²) in [5.74, 6) is 0. The molecular weight excluding hydrogens is 213 g/mol. The van der Waals surface area contributed by atoms with Crippen LogP contribution in [-0.4, -0.2) is 34.3 Å². The smallest absolute Gasteiger partial charge is 0.384 e. The van der Waals surface area contributed by atoms with E-state index < -0.39 is 25.5 Å². The van der Waals surface area contributed by atoms with Gasteiger partial charge in [-0.2, -0.15) is 18.3 Å². The summed E-state index contributed by atoms with van der Waals surface area (Å²) in [6.07, 6.45) is -3.92. The zero-order chi connectivity index (χ0) is 11.5. The van der Waals surface area contributed by atoms with E-state index in [-0.39, 0.29) is 0 Å². The quantitative estimate of drug-likeness (QED) is 0.831. The fraction of sp³-hybridized carbons (Fsp3) is 0.625. The average molecular weight is 224 g/mol. The molecule has 1 aromatic heterocycles. The highest BCUT2D eigenvalue weighted by atomic mass is 19.4. The summed E-state index contributed by atoms with van der Waals surface area (Å²) >= 11 is 0. The van der Waals surface area contributed by atoms with E-state index >= 15 is 0 Å². The molecule has 0 aliphatic carbocycles. The Bertz CT molecular complexity index is 311. The maximum absolute atomic E-state index is 11.7. The van der Waals surface area contributed by atoms with E-state index in [4.69, 9.17) is 0 Å². The maximum atomic E-state index is 11.7. The molecule has 0 fully saturated rings. The fourth-order valence-electron chi connectivity index (χ4n) is 0.982. The SMILES string of the molecule is Cn1ccc(C(O)COCC(F)(F)F)n1. The average Bonchev–Trinajstić information content (AvgIpc) is 2.49. The molecule has 7 heteroatoms. The monoisotopic (exact) mass is 224 g/mol. The van der Waals surface area contributed by atoms with E-state index in [1.165, 1.54) is 10.7 Å². The highest BCUT2D eigenvalue weighted by Crippen LogP contribution is 2.16. The van der Waals surface area contributed by atoms with Crippen LogP contribution < -0.4 is 0 Å². The Labute approximate surface area is 84.3 Å². The number of aliphatic hydroxyl groups is 1. The van der Waals surface area contributed by atoms with Gasteiger partial charge in [0.2, 0.25) is 0 Å². The van der Waals surface area contributed by atoms with Gasteiger partial charge >= 0.3 is 6.18 Å². The number of alkyl halides is 3. The molecule has 0 spiro atoms. The van der Waals surface area contributed by atoms with Gasteiger partial charge in [-0.25, -0.2) is 0 Å². The van der Waals surface area contributed by atoms with Crippen LogP contribution in [-0.2, 0) is 11.8 Å². The molecule has 1 heterocycles. The number of hydrogen-bond donors (Lipinski definition) is 1. The Kier molecular flexibility index (Phi) is 3.70. The van der Waals surface area contributed by atoms with Crippen LogP contribution in [0.2, 0.25) is 0 Å². The fourth-order valence-corrected chi connectivity index (χ4v) is 0.982. The van der Waals surface area contributed by atoms with Gasteiger partial charge in [0, 0.05) is 13.2 Å². The minimum Gasteiger partial charge on any atom is -0.384 e. The molecule has 0 radical (unpaired) electrons. The molecule has 1 aromatic rings. The lowest BCUT2D eigenvalue weighted by Gasteiger charge is -2.10. The van der Waals surface area contributed by atoms with Crippen LogP contribution in [0.25, 0.3) is 0 Å². The number of ether oxygens (including phenoxy) is 1. The van der Waals surface area contributed by atoms with Crippen molar-refractivity contribution in [3.63, 3.8) is 0 Å². The van der Waals surface area contributed by atoms with E-state index in [0.717, 1.165) is 0 Å². The first-order valence-electron chi connectivity index (χ1n) is 4.20. The first-order chi connectivity index (χ1) is 6.88. The Balaban J connectivity index is 2.34. The van der Waals surface area contributed by atoms with Gasteiger partial charge in [0.05, 0.1) is 12.3 Å². The van der Waals surface area contributed by atoms with Crippen molar-refractivity contribution in [1.29, 1.82) is 0 Å². The van der Waals surface area contributed by atoms with Gasteiger partial charge < -0.3 is 9.84 Å². The predicted molar refractivity (Wildman–Crippen MR) is 45.0 cm³/mol. The largest absolute Gasteiger partial charge is 0.411 e. The molecule has 86 valence electrons. The van der Waals surface area contributed by atoms with Crippen molar-refractivity contribution in [2.45, 2.75) is 12.3 Å². The van der Waals surface area contributed by atoms with Gasteiger partial charge in [-0.3, -0.25) is 4.68 Å². The van der Waals surface area contributed by atoms with Crippen LogP contribution in [0, 0.1) is 0 Å². The summed E-state index contributed by atoms with van der Waals surface area (Å²) in [6.45, 7) is -1.78. The van der Waals surface area contributed by atoms with Gasteiger partial charge in [-0.1, -0.05) is 0 Å². The molecule has 1 unspecified atom stereocenters. The van der Waals surface area contributed by atoms with Crippen LogP contribution in [0.15, 0.2) is 12.3 Å². The van der Waals surface area contributed by atoms with E-state index in [1.807, 2.05) is 0 Å². The van der Waals surface area contributed by atoms with Gasteiger partial charge in [0.25, 0.3) is 0 Å². The molecule has 0 bridgehead atoms. The molecule has 1 rings (SSSR count). The minimum absolute atomic E-state index is 0.291. The molecule has 0 aliphatic rings. The minimum atomic E-state index is -4.37. The number of aromatic nitrogens is 2.